The maximum absolute atomic E-state index is 13.8. The minimum atomic E-state index is -1.18. The monoisotopic (exact) mass is 610 g/mol. The number of nitrogens with one attached hydrogen (secondary N) is 4. The predicted octanol–water partition coefficient (Wildman–Crippen LogP) is 0.838. The summed E-state index contributed by atoms with van der Waals surface area (Å²) in [5, 5.41) is 18.4. The fraction of sp³-hybridized carbons (Fsp3) is 0.367. The van der Waals surface area contributed by atoms with Crippen molar-refractivity contribution in [3.63, 3.8) is 0 Å². The van der Waals surface area contributed by atoms with Gasteiger partial charge in [0, 0.05) is 36.4 Å². The molecule has 0 aliphatic heterocycles. The van der Waals surface area contributed by atoms with Crippen molar-refractivity contribution in [1.29, 1.82) is 0 Å². The number of carboxylic acids is 1. The van der Waals surface area contributed by atoms with Crippen molar-refractivity contribution >= 4 is 52.3 Å². The molecule has 230 valence electrons. The Morgan fingerprint density at radius 2 is 1.44 bits per heavy atom. The molecular formula is C30H38N6O6S. The fourth-order valence-corrected chi connectivity index (χ4v) is 5.01. The lowest BCUT2D eigenvalue weighted by molar-refractivity contribution is -0.142. The molecule has 3 rings (SSSR count). The number of nitrogens with two attached hydrogens (primary N) is 2. The molecule has 0 aliphatic rings. The molecule has 9 N–H and O–H groups in total. The Bertz CT molecular complexity index is 1410. The van der Waals surface area contributed by atoms with E-state index in [0.29, 0.717) is 5.75 Å². The number of primary amides is 1. The van der Waals surface area contributed by atoms with Gasteiger partial charge < -0.3 is 37.5 Å². The van der Waals surface area contributed by atoms with Crippen LogP contribution in [0.15, 0.2) is 60.8 Å². The van der Waals surface area contributed by atoms with Crippen LogP contribution in [-0.4, -0.2) is 75.9 Å². The first-order valence-corrected chi connectivity index (χ1v) is 15.2. The average Bonchev–Trinajstić information content (AvgIpc) is 3.40. The van der Waals surface area contributed by atoms with Crippen molar-refractivity contribution in [2.75, 3.05) is 12.0 Å². The zero-order valence-electron chi connectivity index (χ0n) is 23.9. The Kier molecular flexibility index (Phi) is 12.6. The van der Waals surface area contributed by atoms with E-state index in [2.05, 4.69) is 20.9 Å². The lowest BCUT2D eigenvalue weighted by Crippen LogP contribution is -2.58. The van der Waals surface area contributed by atoms with E-state index in [-0.39, 0.29) is 32.1 Å². The number of carbonyl (C=O) groups is 5. The van der Waals surface area contributed by atoms with Gasteiger partial charge in [0.1, 0.15) is 18.1 Å². The van der Waals surface area contributed by atoms with Gasteiger partial charge >= 0.3 is 5.97 Å². The second-order valence-electron chi connectivity index (χ2n) is 10.2. The van der Waals surface area contributed by atoms with Gasteiger partial charge in [-0.05, 0) is 42.0 Å². The van der Waals surface area contributed by atoms with Gasteiger partial charge in [-0.25, -0.2) is 4.79 Å². The molecule has 0 radical (unpaired) electrons. The number of hydrogen-bond donors (Lipinski definition) is 7. The second-order valence-corrected chi connectivity index (χ2v) is 11.2. The lowest BCUT2D eigenvalue weighted by Gasteiger charge is -2.25. The zero-order valence-corrected chi connectivity index (χ0v) is 24.7. The van der Waals surface area contributed by atoms with Gasteiger partial charge in [0.05, 0.1) is 6.04 Å². The Labute approximate surface area is 253 Å². The molecule has 2 aromatic carbocycles. The molecule has 0 spiro atoms. The number of hydrogen-bond acceptors (Lipinski definition) is 7. The summed E-state index contributed by atoms with van der Waals surface area (Å²) in [6.07, 6.45) is 3.82. The van der Waals surface area contributed by atoms with E-state index in [1.54, 1.807) is 30.5 Å². The predicted molar refractivity (Wildman–Crippen MR) is 165 cm³/mol. The van der Waals surface area contributed by atoms with Crippen LogP contribution >= 0.6 is 11.8 Å². The van der Waals surface area contributed by atoms with Crippen LogP contribution in [0.2, 0.25) is 0 Å². The summed E-state index contributed by atoms with van der Waals surface area (Å²) in [4.78, 5) is 66.3. The van der Waals surface area contributed by atoms with Gasteiger partial charge in [-0.2, -0.15) is 11.8 Å². The highest BCUT2D eigenvalue weighted by Gasteiger charge is 2.31. The summed E-state index contributed by atoms with van der Waals surface area (Å²) in [6.45, 7) is 0. The third kappa shape index (κ3) is 10.1. The molecule has 1 aromatic heterocycles. The van der Waals surface area contributed by atoms with E-state index in [0.717, 1.165) is 22.0 Å². The average molecular weight is 611 g/mol. The Morgan fingerprint density at radius 3 is 2.09 bits per heavy atom. The summed E-state index contributed by atoms with van der Waals surface area (Å²) >= 11 is 1.45. The van der Waals surface area contributed by atoms with Crippen molar-refractivity contribution in [2.45, 2.75) is 56.3 Å². The number of aromatic amines is 1. The highest BCUT2D eigenvalue weighted by Crippen LogP contribution is 2.19. The number of rotatable bonds is 17. The van der Waals surface area contributed by atoms with Crippen LogP contribution in [0.1, 0.15) is 30.4 Å². The van der Waals surface area contributed by atoms with Gasteiger partial charge in [0.2, 0.25) is 23.6 Å². The van der Waals surface area contributed by atoms with Crippen LogP contribution in [0.4, 0.5) is 0 Å². The SMILES string of the molecule is CSCCC(NC(=O)C(Cc1ccccc1)NC(=O)C(Cc1c[nH]c2ccccc12)NC(=O)C(N)CCC(N)=O)C(=O)O. The first kappa shape index (κ1) is 33.1. The van der Waals surface area contributed by atoms with Crippen molar-refractivity contribution in [3.05, 3.63) is 71.9 Å². The van der Waals surface area contributed by atoms with Crippen LogP contribution in [0.5, 0.6) is 0 Å². The highest BCUT2D eigenvalue weighted by atomic mass is 32.2. The molecule has 3 aromatic rings. The van der Waals surface area contributed by atoms with Gasteiger partial charge in [-0.15, -0.1) is 0 Å². The van der Waals surface area contributed by atoms with Crippen molar-refractivity contribution in [3.8, 4) is 0 Å². The number of carboxylic acid groups (broad SMARTS) is 1. The molecule has 0 saturated carbocycles. The van der Waals surface area contributed by atoms with E-state index >= 15 is 0 Å². The van der Waals surface area contributed by atoms with E-state index in [4.69, 9.17) is 11.5 Å². The second kappa shape index (κ2) is 16.3. The number of para-hydroxylation sites is 1. The summed E-state index contributed by atoms with van der Waals surface area (Å²) in [5.74, 6) is -3.26. The van der Waals surface area contributed by atoms with Gasteiger partial charge in [0.25, 0.3) is 0 Å². The Balaban J connectivity index is 1.87. The molecule has 4 atom stereocenters. The molecule has 0 fully saturated rings. The molecule has 1 heterocycles. The van der Waals surface area contributed by atoms with Gasteiger partial charge in [0.15, 0.2) is 0 Å². The summed E-state index contributed by atoms with van der Waals surface area (Å²) in [6, 6.07) is 11.9. The quantitative estimate of drug-likeness (QED) is 0.116. The largest absolute Gasteiger partial charge is 0.480 e. The van der Waals surface area contributed by atoms with Crippen molar-refractivity contribution in [2.24, 2.45) is 11.5 Å². The maximum Gasteiger partial charge on any atom is 0.326 e. The van der Waals surface area contributed by atoms with Crippen molar-refractivity contribution < 1.29 is 29.1 Å². The minimum absolute atomic E-state index is 0.00570. The van der Waals surface area contributed by atoms with Gasteiger partial charge in [-0.3, -0.25) is 19.2 Å². The topological polar surface area (TPSA) is 210 Å². The van der Waals surface area contributed by atoms with Crippen LogP contribution in [0.3, 0.4) is 0 Å². The maximum atomic E-state index is 13.8. The summed E-state index contributed by atoms with van der Waals surface area (Å²) < 4.78 is 0. The molecule has 4 amide bonds. The van der Waals surface area contributed by atoms with E-state index < -0.39 is 53.8 Å². The fourth-order valence-electron chi connectivity index (χ4n) is 4.53. The molecule has 0 bridgehead atoms. The lowest BCUT2D eigenvalue weighted by atomic mass is 10.0. The normalized spacial score (nSPS) is 13.8. The van der Waals surface area contributed by atoms with Crippen LogP contribution in [-0.2, 0) is 36.8 Å². The molecule has 4 unspecified atom stereocenters. The standard InChI is InChI=1S/C30H38N6O6S/c1-43-14-13-23(30(41)42)34-28(39)24(15-18-7-3-2-4-8-18)36-29(40)25(35-27(38)21(31)11-12-26(32)37)16-19-17-33-22-10-6-5-9-20(19)22/h2-10,17,21,23-25,33H,11-16,31H2,1H3,(H2,32,37)(H,34,39)(H,35,38)(H,36,40)(H,41,42). The number of fused-ring (bicyclic) bond motifs is 1. The summed E-state index contributed by atoms with van der Waals surface area (Å²) in [5.41, 5.74) is 13.5. The van der Waals surface area contributed by atoms with Crippen molar-refractivity contribution in [1.82, 2.24) is 20.9 Å². The van der Waals surface area contributed by atoms with Crippen LogP contribution < -0.4 is 27.4 Å². The number of H-pyrrole nitrogens is 1. The number of amides is 4. The third-order valence-corrected chi connectivity index (χ3v) is 7.56. The molecule has 12 nitrogen and oxygen atoms in total. The smallest absolute Gasteiger partial charge is 0.326 e. The first-order chi connectivity index (χ1) is 20.6. The molecule has 43 heavy (non-hydrogen) atoms. The number of carbonyl (C=O) groups excluding carboxylic acids is 4. The van der Waals surface area contributed by atoms with Crippen LogP contribution in [0, 0.1) is 0 Å². The van der Waals surface area contributed by atoms with E-state index in [9.17, 15) is 29.1 Å². The number of benzene rings is 2. The number of aliphatic carboxylic acids is 1. The highest BCUT2D eigenvalue weighted by molar-refractivity contribution is 7.98. The molecule has 0 saturated heterocycles. The molecular weight excluding hydrogens is 572 g/mol. The third-order valence-electron chi connectivity index (χ3n) is 6.91. The Morgan fingerprint density at radius 1 is 0.837 bits per heavy atom. The van der Waals surface area contributed by atoms with E-state index in [1.807, 2.05) is 36.6 Å². The zero-order chi connectivity index (χ0) is 31.4. The number of aromatic nitrogens is 1. The number of thioether (sulfide) groups is 1. The van der Waals surface area contributed by atoms with E-state index in [1.165, 1.54) is 11.8 Å². The molecule has 13 heteroatoms. The minimum Gasteiger partial charge on any atom is -0.480 e. The first-order valence-electron chi connectivity index (χ1n) is 13.8. The molecule has 0 aliphatic carbocycles. The van der Waals surface area contributed by atoms with Crippen LogP contribution in [0.25, 0.3) is 10.9 Å². The Hall–Kier alpha value is -4.36. The van der Waals surface area contributed by atoms with Gasteiger partial charge in [-0.1, -0.05) is 48.5 Å². The summed E-state index contributed by atoms with van der Waals surface area (Å²) in [7, 11) is 0.